The first-order chi connectivity index (χ1) is 13.2. The number of Topliss-reactive ketones (excluding diaryl/α,β-unsaturated/α-hetero) is 1. The summed E-state index contributed by atoms with van der Waals surface area (Å²) in [5, 5.41) is 8.13. The number of ether oxygens (including phenoxy) is 2. The van der Waals surface area contributed by atoms with E-state index >= 15 is 0 Å². The lowest BCUT2D eigenvalue weighted by Crippen LogP contribution is -2.18. The highest BCUT2D eigenvalue weighted by Crippen LogP contribution is 2.28. The number of aryl methyl sites for hydroxylation is 1. The number of carbonyl (C=O) groups is 1. The van der Waals surface area contributed by atoms with E-state index in [9.17, 15) is 4.79 Å². The Bertz CT molecular complexity index is 891. The summed E-state index contributed by atoms with van der Waals surface area (Å²) in [7, 11) is 1.60. The molecular formula is C21H23N3O3. The standard InChI is InChI=1S/C21H23N3O3/c1-3-7-16-10-11-20(21(12-16)26-2)27-15-18(25)13-24-14-19(22-23-24)17-8-5-4-6-9-17/h4-6,8-12,14H,3,7,13,15H2,1-2H3. The molecule has 27 heavy (non-hydrogen) atoms. The third kappa shape index (κ3) is 4.94. The van der Waals surface area contributed by atoms with Gasteiger partial charge in [-0.05, 0) is 24.1 Å². The maximum absolute atomic E-state index is 12.2. The van der Waals surface area contributed by atoms with Crippen molar-refractivity contribution in [3.05, 3.63) is 60.3 Å². The average molecular weight is 365 g/mol. The van der Waals surface area contributed by atoms with E-state index in [0.29, 0.717) is 11.5 Å². The summed E-state index contributed by atoms with van der Waals surface area (Å²) in [6.07, 6.45) is 3.80. The Morgan fingerprint density at radius 2 is 1.93 bits per heavy atom. The van der Waals surface area contributed by atoms with E-state index in [1.807, 2.05) is 48.5 Å². The highest BCUT2D eigenvalue weighted by Gasteiger charge is 2.11. The van der Waals surface area contributed by atoms with Crippen LogP contribution in [0.25, 0.3) is 11.3 Å². The zero-order valence-electron chi connectivity index (χ0n) is 15.6. The predicted molar refractivity (Wildman–Crippen MR) is 103 cm³/mol. The van der Waals surface area contributed by atoms with Crippen LogP contribution in [0.2, 0.25) is 0 Å². The van der Waals surface area contributed by atoms with Gasteiger partial charge in [-0.15, -0.1) is 5.10 Å². The van der Waals surface area contributed by atoms with Crippen LogP contribution in [0, 0.1) is 0 Å². The molecule has 0 aliphatic rings. The summed E-state index contributed by atoms with van der Waals surface area (Å²) in [5.74, 6) is 1.11. The van der Waals surface area contributed by atoms with Gasteiger partial charge in [0.1, 0.15) is 18.8 Å². The number of hydrogen-bond donors (Lipinski definition) is 0. The lowest BCUT2D eigenvalue weighted by molar-refractivity contribution is -0.121. The molecule has 0 saturated heterocycles. The van der Waals surface area contributed by atoms with Crippen molar-refractivity contribution in [1.82, 2.24) is 15.0 Å². The molecule has 3 aromatic rings. The van der Waals surface area contributed by atoms with Gasteiger partial charge in [0.05, 0.1) is 13.3 Å². The molecule has 1 aromatic heterocycles. The molecule has 3 rings (SSSR count). The van der Waals surface area contributed by atoms with Crippen LogP contribution >= 0.6 is 0 Å². The molecular weight excluding hydrogens is 342 g/mol. The van der Waals surface area contributed by atoms with Crippen molar-refractivity contribution in [1.29, 1.82) is 0 Å². The van der Waals surface area contributed by atoms with Crippen LogP contribution in [0.3, 0.4) is 0 Å². The molecule has 0 aliphatic carbocycles. The summed E-state index contributed by atoms with van der Waals surface area (Å²) in [4.78, 5) is 12.2. The first kappa shape index (κ1) is 18.6. The van der Waals surface area contributed by atoms with E-state index in [1.54, 1.807) is 13.3 Å². The first-order valence-electron chi connectivity index (χ1n) is 8.96. The van der Waals surface area contributed by atoms with Crippen molar-refractivity contribution in [3.8, 4) is 22.8 Å². The van der Waals surface area contributed by atoms with Crippen molar-refractivity contribution in [2.24, 2.45) is 0 Å². The molecule has 6 heteroatoms. The molecule has 1 heterocycles. The molecule has 0 spiro atoms. The summed E-state index contributed by atoms with van der Waals surface area (Å²) in [5.41, 5.74) is 2.88. The van der Waals surface area contributed by atoms with Gasteiger partial charge >= 0.3 is 0 Å². The number of benzene rings is 2. The predicted octanol–water partition coefficient (Wildman–Crippen LogP) is 3.55. The van der Waals surface area contributed by atoms with Gasteiger partial charge in [0.25, 0.3) is 0 Å². The van der Waals surface area contributed by atoms with Crippen molar-refractivity contribution in [3.63, 3.8) is 0 Å². The molecule has 0 bridgehead atoms. The first-order valence-corrected chi connectivity index (χ1v) is 8.96. The number of nitrogens with zero attached hydrogens (tertiary/aromatic N) is 3. The average Bonchev–Trinajstić information content (AvgIpc) is 3.16. The zero-order valence-corrected chi connectivity index (χ0v) is 15.6. The van der Waals surface area contributed by atoms with Gasteiger partial charge in [0.2, 0.25) is 0 Å². The van der Waals surface area contributed by atoms with E-state index in [2.05, 4.69) is 17.2 Å². The molecule has 0 aliphatic heterocycles. The van der Waals surface area contributed by atoms with Crippen molar-refractivity contribution in [2.45, 2.75) is 26.3 Å². The largest absolute Gasteiger partial charge is 0.493 e. The second-order valence-electron chi connectivity index (χ2n) is 6.23. The summed E-state index contributed by atoms with van der Waals surface area (Å²) in [6.45, 7) is 2.18. The lowest BCUT2D eigenvalue weighted by Gasteiger charge is -2.11. The maximum Gasteiger partial charge on any atom is 0.191 e. The number of rotatable bonds is 9. The number of methoxy groups -OCH3 is 1. The van der Waals surface area contributed by atoms with Gasteiger partial charge in [0, 0.05) is 5.56 Å². The van der Waals surface area contributed by atoms with E-state index in [4.69, 9.17) is 9.47 Å². The van der Waals surface area contributed by atoms with Gasteiger partial charge < -0.3 is 9.47 Å². The molecule has 140 valence electrons. The van der Waals surface area contributed by atoms with Crippen LogP contribution in [-0.4, -0.2) is 34.5 Å². The topological polar surface area (TPSA) is 66.2 Å². The second kappa shape index (κ2) is 8.98. The Morgan fingerprint density at radius 1 is 1.11 bits per heavy atom. The summed E-state index contributed by atoms with van der Waals surface area (Å²) in [6, 6.07) is 15.5. The SMILES string of the molecule is CCCc1ccc(OCC(=O)Cn2cc(-c3ccccc3)nn2)c(OC)c1. The van der Waals surface area contributed by atoms with Crippen LogP contribution < -0.4 is 9.47 Å². The molecule has 0 unspecified atom stereocenters. The number of ketones is 1. The van der Waals surface area contributed by atoms with Gasteiger partial charge in [-0.3, -0.25) is 4.79 Å². The van der Waals surface area contributed by atoms with E-state index in [-0.39, 0.29) is 18.9 Å². The zero-order chi connectivity index (χ0) is 19.1. The highest BCUT2D eigenvalue weighted by molar-refractivity contribution is 5.79. The monoisotopic (exact) mass is 365 g/mol. The Kier molecular flexibility index (Phi) is 6.20. The minimum atomic E-state index is -0.0980. The van der Waals surface area contributed by atoms with Crippen LogP contribution in [-0.2, 0) is 17.8 Å². The number of aromatic nitrogens is 3. The molecule has 6 nitrogen and oxygen atoms in total. The normalized spacial score (nSPS) is 10.6. The van der Waals surface area contributed by atoms with Crippen molar-refractivity contribution >= 4 is 5.78 Å². The minimum absolute atomic E-state index is 0.0516. The van der Waals surface area contributed by atoms with Crippen LogP contribution in [0.5, 0.6) is 11.5 Å². The third-order valence-corrected chi connectivity index (χ3v) is 4.10. The third-order valence-electron chi connectivity index (χ3n) is 4.10. The van der Waals surface area contributed by atoms with E-state index in [0.717, 1.165) is 24.1 Å². The smallest absolute Gasteiger partial charge is 0.191 e. The fourth-order valence-corrected chi connectivity index (χ4v) is 2.78. The van der Waals surface area contributed by atoms with Crippen LogP contribution in [0.15, 0.2) is 54.7 Å². The minimum Gasteiger partial charge on any atom is -0.493 e. The quantitative estimate of drug-likeness (QED) is 0.580. The Morgan fingerprint density at radius 3 is 2.67 bits per heavy atom. The molecule has 0 radical (unpaired) electrons. The van der Waals surface area contributed by atoms with Gasteiger partial charge in [-0.25, -0.2) is 4.68 Å². The second-order valence-corrected chi connectivity index (χ2v) is 6.23. The summed E-state index contributed by atoms with van der Waals surface area (Å²) >= 11 is 0. The maximum atomic E-state index is 12.2. The van der Waals surface area contributed by atoms with Crippen molar-refractivity contribution < 1.29 is 14.3 Å². The molecule has 2 aromatic carbocycles. The fourth-order valence-electron chi connectivity index (χ4n) is 2.78. The Labute approximate surface area is 158 Å². The fraction of sp³-hybridized carbons (Fsp3) is 0.286. The molecule has 0 fully saturated rings. The highest BCUT2D eigenvalue weighted by atomic mass is 16.5. The Balaban J connectivity index is 1.58. The summed E-state index contributed by atoms with van der Waals surface area (Å²) < 4.78 is 12.5. The molecule has 0 saturated carbocycles. The van der Waals surface area contributed by atoms with E-state index < -0.39 is 0 Å². The number of hydrogen-bond acceptors (Lipinski definition) is 5. The van der Waals surface area contributed by atoms with E-state index in [1.165, 1.54) is 10.2 Å². The lowest BCUT2D eigenvalue weighted by atomic mass is 10.1. The van der Waals surface area contributed by atoms with Gasteiger partial charge in [-0.2, -0.15) is 0 Å². The van der Waals surface area contributed by atoms with Crippen molar-refractivity contribution in [2.75, 3.05) is 13.7 Å². The molecule has 0 amide bonds. The molecule has 0 atom stereocenters. The van der Waals surface area contributed by atoms with Crippen LogP contribution in [0.1, 0.15) is 18.9 Å². The van der Waals surface area contributed by atoms with Gasteiger partial charge in [0.15, 0.2) is 17.3 Å². The molecule has 0 N–H and O–H groups in total. The van der Waals surface area contributed by atoms with Gasteiger partial charge in [-0.1, -0.05) is 55.0 Å². The van der Waals surface area contributed by atoms with Crippen LogP contribution in [0.4, 0.5) is 0 Å². The number of carbonyl (C=O) groups excluding carboxylic acids is 1. The Hall–Kier alpha value is -3.15.